The average Bonchev–Trinajstić information content (AvgIpc) is 2.87. The molecule has 0 bridgehead atoms. The minimum absolute atomic E-state index is 0. The quantitative estimate of drug-likeness (QED) is 0.251. The first kappa shape index (κ1) is 25.7. The fourth-order valence-electron chi connectivity index (χ4n) is 4.85. The van der Waals surface area contributed by atoms with Crippen molar-refractivity contribution in [2.75, 3.05) is 0 Å². The van der Waals surface area contributed by atoms with Crippen LogP contribution in [0.1, 0.15) is 42.6 Å². The molecule has 0 saturated carbocycles. The van der Waals surface area contributed by atoms with E-state index in [1.165, 1.54) is 16.3 Å². The molecule has 0 aliphatic carbocycles. The van der Waals surface area contributed by atoms with E-state index < -0.39 is 11.7 Å². The summed E-state index contributed by atoms with van der Waals surface area (Å²) < 4.78 is 39.3. The van der Waals surface area contributed by atoms with E-state index in [0.717, 1.165) is 39.6 Å². The van der Waals surface area contributed by atoms with Crippen LogP contribution in [-0.2, 0) is 6.18 Å². The number of hydrogen-bond donors (Lipinski definition) is 1. The highest BCUT2D eigenvalue weighted by Crippen LogP contribution is 2.36. The molecule has 0 amide bonds. The number of alkyl halides is 3. The Labute approximate surface area is 215 Å². The Balaban J connectivity index is 0.00000304. The van der Waals surface area contributed by atoms with Crippen LogP contribution in [0, 0.1) is 0 Å². The lowest BCUT2D eigenvalue weighted by Gasteiger charge is -2.23. The summed E-state index contributed by atoms with van der Waals surface area (Å²) in [5.74, 6) is 0. The van der Waals surface area contributed by atoms with E-state index in [2.05, 4.69) is 67.7 Å². The summed E-state index contributed by atoms with van der Waals surface area (Å²) in [6.45, 7) is 4.29. The van der Waals surface area contributed by atoms with Crippen LogP contribution in [0.5, 0.6) is 0 Å². The number of fused-ring (bicyclic) bond motifs is 2. The molecule has 0 saturated heterocycles. The summed E-state index contributed by atoms with van der Waals surface area (Å²) in [6, 6.07) is 32.6. The fourth-order valence-corrected chi connectivity index (χ4v) is 4.85. The van der Waals surface area contributed by atoms with E-state index in [1.807, 2.05) is 30.3 Å². The Bertz CT molecular complexity index is 1490. The van der Waals surface area contributed by atoms with Gasteiger partial charge in [-0.25, -0.2) is 0 Å². The number of benzene rings is 5. The van der Waals surface area contributed by atoms with Crippen molar-refractivity contribution in [2.24, 2.45) is 0 Å². The molecule has 5 rings (SSSR count). The molecule has 0 radical (unpaired) electrons. The van der Waals surface area contributed by atoms with E-state index in [0.29, 0.717) is 0 Å². The molecule has 5 aromatic carbocycles. The van der Waals surface area contributed by atoms with Gasteiger partial charge in [-0.2, -0.15) is 13.2 Å². The molecule has 1 unspecified atom stereocenters. The van der Waals surface area contributed by atoms with Gasteiger partial charge in [-0.1, -0.05) is 78.9 Å². The van der Waals surface area contributed by atoms with Gasteiger partial charge in [0.05, 0.1) is 5.56 Å². The van der Waals surface area contributed by atoms with Crippen molar-refractivity contribution in [3.63, 3.8) is 0 Å². The first-order chi connectivity index (χ1) is 16.8. The highest BCUT2D eigenvalue weighted by molar-refractivity contribution is 5.97. The van der Waals surface area contributed by atoms with Gasteiger partial charge in [-0.05, 0) is 81.9 Å². The van der Waals surface area contributed by atoms with E-state index >= 15 is 0 Å². The highest BCUT2D eigenvalue weighted by Gasteiger charge is 2.30. The minimum Gasteiger partial charge on any atom is -0.304 e. The molecule has 0 spiro atoms. The molecule has 5 heteroatoms. The second kappa shape index (κ2) is 10.3. The van der Waals surface area contributed by atoms with Gasteiger partial charge < -0.3 is 5.32 Å². The van der Waals surface area contributed by atoms with Crippen LogP contribution in [0.25, 0.3) is 32.7 Å². The third-order valence-corrected chi connectivity index (χ3v) is 6.70. The monoisotopic (exact) mass is 505 g/mol. The second-order valence-electron chi connectivity index (χ2n) is 9.04. The van der Waals surface area contributed by atoms with Crippen molar-refractivity contribution in [3.8, 4) is 11.1 Å². The van der Waals surface area contributed by atoms with Crippen molar-refractivity contribution in [2.45, 2.75) is 32.1 Å². The van der Waals surface area contributed by atoms with Gasteiger partial charge in [-0.3, -0.25) is 0 Å². The number of nitrogens with one attached hydrogen (secondary N) is 1. The summed E-state index contributed by atoms with van der Waals surface area (Å²) in [7, 11) is 0. The lowest BCUT2D eigenvalue weighted by molar-refractivity contribution is -0.137. The van der Waals surface area contributed by atoms with Gasteiger partial charge in [0, 0.05) is 12.1 Å². The van der Waals surface area contributed by atoms with Crippen molar-refractivity contribution < 1.29 is 13.2 Å². The largest absolute Gasteiger partial charge is 0.416 e. The van der Waals surface area contributed by atoms with Gasteiger partial charge >= 0.3 is 6.18 Å². The molecule has 36 heavy (non-hydrogen) atoms. The zero-order valence-electron chi connectivity index (χ0n) is 20.0. The Morgan fingerprint density at radius 3 is 1.94 bits per heavy atom. The molecule has 5 aromatic rings. The standard InChI is InChI=1S/C31H26F3N.ClH/c1-20(35-21(2)27-13-7-10-22-8-3-5-11-28(22)27)25-18-24-9-4-6-12-29(24)30(19-25)23-14-16-26(17-15-23)31(32,33)34;/h3-21,35H,1-2H3;1H/t20?,21-;/m1./s1. The van der Waals surface area contributed by atoms with Crippen molar-refractivity contribution >= 4 is 34.0 Å². The zero-order chi connectivity index (χ0) is 24.6. The number of hydrogen-bond acceptors (Lipinski definition) is 1. The molecule has 0 aliphatic rings. The van der Waals surface area contributed by atoms with Gasteiger partial charge in [0.1, 0.15) is 0 Å². The van der Waals surface area contributed by atoms with Gasteiger partial charge in [0.2, 0.25) is 0 Å². The van der Waals surface area contributed by atoms with E-state index in [-0.39, 0.29) is 24.5 Å². The van der Waals surface area contributed by atoms with Gasteiger partial charge in [0.25, 0.3) is 0 Å². The summed E-state index contributed by atoms with van der Waals surface area (Å²) >= 11 is 0. The predicted molar refractivity (Wildman–Crippen MR) is 146 cm³/mol. The molecule has 184 valence electrons. The summed E-state index contributed by atoms with van der Waals surface area (Å²) in [6.07, 6.45) is -4.35. The third-order valence-electron chi connectivity index (χ3n) is 6.70. The molecule has 2 atom stereocenters. The topological polar surface area (TPSA) is 12.0 Å². The van der Waals surface area contributed by atoms with Crippen molar-refractivity contribution in [3.05, 3.63) is 120 Å². The lowest BCUT2D eigenvalue weighted by atomic mass is 9.92. The Kier molecular flexibility index (Phi) is 7.39. The van der Waals surface area contributed by atoms with E-state index in [9.17, 15) is 13.2 Å². The highest BCUT2D eigenvalue weighted by atomic mass is 35.5. The van der Waals surface area contributed by atoms with Crippen LogP contribution >= 0.6 is 12.4 Å². The first-order valence-electron chi connectivity index (χ1n) is 11.8. The summed E-state index contributed by atoms with van der Waals surface area (Å²) in [5, 5.41) is 8.25. The van der Waals surface area contributed by atoms with Crippen LogP contribution in [-0.4, -0.2) is 0 Å². The minimum atomic E-state index is -4.35. The van der Waals surface area contributed by atoms with Crippen molar-refractivity contribution in [1.29, 1.82) is 0 Å². The molecule has 0 heterocycles. The molecule has 1 nitrogen and oxygen atoms in total. The molecule has 0 aromatic heterocycles. The van der Waals surface area contributed by atoms with Crippen LogP contribution in [0.2, 0.25) is 0 Å². The first-order valence-corrected chi connectivity index (χ1v) is 11.8. The smallest absolute Gasteiger partial charge is 0.304 e. The Morgan fingerprint density at radius 2 is 1.25 bits per heavy atom. The molecular formula is C31H27ClF3N. The number of halogens is 4. The average molecular weight is 506 g/mol. The normalized spacial score (nSPS) is 13.4. The molecule has 0 fully saturated rings. The third kappa shape index (κ3) is 5.11. The van der Waals surface area contributed by atoms with E-state index in [1.54, 1.807) is 12.1 Å². The van der Waals surface area contributed by atoms with E-state index in [4.69, 9.17) is 0 Å². The Hall–Kier alpha value is -3.34. The van der Waals surface area contributed by atoms with Crippen LogP contribution in [0.3, 0.4) is 0 Å². The Morgan fingerprint density at radius 1 is 0.639 bits per heavy atom. The van der Waals surface area contributed by atoms with Gasteiger partial charge in [-0.15, -0.1) is 12.4 Å². The maximum Gasteiger partial charge on any atom is 0.416 e. The van der Waals surface area contributed by atoms with Gasteiger partial charge in [0.15, 0.2) is 0 Å². The maximum atomic E-state index is 13.1. The van der Waals surface area contributed by atoms with Crippen LogP contribution in [0.15, 0.2) is 103 Å². The SMILES string of the molecule is CC(N[C@H](C)c1cccc2ccccc12)c1cc(-c2ccc(C(F)(F)F)cc2)c2ccccc2c1.Cl. The maximum absolute atomic E-state index is 13.1. The summed E-state index contributed by atoms with van der Waals surface area (Å²) in [5.41, 5.74) is 3.38. The second-order valence-corrected chi connectivity index (χ2v) is 9.04. The zero-order valence-corrected chi connectivity index (χ0v) is 20.8. The molecule has 1 N–H and O–H groups in total. The lowest BCUT2D eigenvalue weighted by Crippen LogP contribution is -2.22. The van der Waals surface area contributed by atoms with Crippen LogP contribution in [0.4, 0.5) is 13.2 Å². The fraction of sp³-hybridized carbons (Fsp3) is 0.161. The molecule has 0 aliphatic heterocycles. The predicted octanol–water partition coefficient (Wildman–Crippen LogP) is 9.51. The molecular weight excluding hydrogens is 479 g/mol. The summed E-state index contributed by atoms with van der Waals surface area (Å²) in [4.78, 5) is 0. The van der Waals surface area contributed by atoms with Crippen LogP contribution < -0.4 is 5.32 Å². The number of rotatable bonds is 5. The van der Waals surface area contributed by atoms with Crippen molar-refractivity contribution in [1.82, 2.24) is 5.32 Å².